The van der Waals surface area contributed by atoms with Crippen molar-refractivity contribution >= 4 is 40.7 Å². The van der Waals surface area contributed by atoms with Gasteiger partial charge in [-0.1, -0.05) is 67.9 Å². The molecule has 5 heteroatoms. The molecule has 28 heavy (non-hydrogen) atoms. The molecule has 0 saturated carbocycles. The van der Waals surface area contributed by atoms with E-state index >= 15 is 0 Å². The Labute approximate surface area is 174 Å². The van der Waals surface area contributed by atoms with Crippen molar-refractivity contribution < 1.29 is 9.59 Å². The maximum atomic E-state index is 12.9. The van der Waals surface area contributed by atoms with Gasteiger partial charge in [0.25, 0.3) is 5.91 Å². The smallest absolute Gasteiger partial charge is 0.256 e. The van der Waals surface area contributed by atoms with E-state index in [-0.39, 0.29) is 11.7 Å². The van der Waals surface area contributed by atoms with Crippen LogP contribution in [-0.4, -0.2) is 16.9 Å². The van der Waals surface area contributed by atoms with Crippen molar-refractivity contribution in [3.8, 4) is 0 Å². The van der Waals surface area contributed by atoms with Gasteiger partial charge in [-0.05, 0) is 30.3 Å². The van der Waals surface area contributed by atoms with E-state index in [1.807, 2.05) is 24.3 Å². The number of carbonyl (C=O) groups is 2. The van der Waals surface area contributed by atoms with Crippen LogP contribution < -0.4 is 5.32 Å². The van der Waals surface area contributed by atoms with E-state index in [0.717, 1.165) is 4.90 Å². The largest absolute Gasteiger partial charge is 0.321 e. The van der Waals surface area contributed by atoms with Crippen molar-refractivity contribution in [3.63, 3.8) is 0 Å². The summed E-state index contributed by atoms with van der Waals surface area (Å²) in [6, 6.07) is 21.3. The van der Waals surface area contributed by atoms with E-state index in [4.69, 9.17) is 11.6 Å². The van der Waals surface area contributed by atoms with Crippen LogP contribution >= 0.6 is 23.4 Å². The summed E-state index contributed by atoms with van der Waals surface area (Å²) in [5.74, 6) is -0.448. The summed E-state index contributed by atoms with van der Waals surface area (Å²) < 4.78 is 0. The van der Waals surface area contributed by atoms with Gasteiger partial charge >= 0.3 is 0 Å². The lowest BCUT2D eigenvalue weighted by atomic mass is 10.0. The second-order valence-corrected chi connectivity index (χ2v) is 8.56. The molecule has 0 aliphatic carbocycles. The molecule has 0 aliphatic heterocycles. The third-order valence-electron chi connectivity index (χ3n) is 4.00. The summed E-state index contributed by atoms with van der Waals surface area (Å²) in [7, 11) is 0. The van der Waals surface area contributed by atoms with Gasteiger partial charge in [0.15, 0.2) is 5.78 Å². The Morgan fingerprint density at radius 2 is 1.57 bits per heavy atom. The van der Waals surface area contributed by atoms with Gasteiger partial charge in [-0.3, -0.25) is 9.59 Å². The molecule has 0 saturated heterocycles. The van der Waals surface area contributed by atoms with Crippen molar-refractivity contribution in [1.29, 1.82) is 0 Å². The van der Waals surface area contributed by atoms with Crippen molar-refractivity contribution in [2.24, 2.45) is 0 Å². The second kappa shape index (κ2) is 9.09. The molecule has 142 valence electrons. The fourth-order valence-electron chi connectivity index (χ4n) is 2.76. The highest BCUT2D eigenvalue weighted by molar-refractivity contribution is 8.00. The highest BCUT2D eigenvalue weighted by Gasteiger charge is 2.18. The number of thioether (sulfide) groups is 1. The molecule has 0 aromatic heterocycles. The number of halogens is 1. The van der Waals surface area contributed by atoms with Crippen LogP contribution in [0.15, 0.2) is 77.7 Å². The Morgan fingerprint density at radius 3 is 2.29 bits per heavy atom. The molecular weight excluding hydrogens is 390 g/mol. The Kier molecular flexibility index (Phi) is 6.55. The molecule has 0 aliphatic rings. The van der Waals surface area contributed by atoms with Crippen LogP contribution in [0.2, 0.25) is 5.02 Å². The zero-order chi connectivity index (χ0) is 20.1. The minimum Gasteiger partial charge on any atom is -0.321 e. The summed E-state index contributed by atoms with van der Waals surface area (Å²) in [5.41, 5.74) is 1.92. The molecule has 0 radical (unpaired) electrons. The molecule has 0 bridgehead atoms. The minimum absolute atomic E-state index is 0.191. The zero-order valence-electron chi connectivity index (χ0n) is 15.6. The van der Waals surface area contributed by atoms with Gasteiger partial charge in [0.05, 0.1) is 11.3 Å². The minimum atomic E-state index is -0.256. The van der Waals surface area contributed by atoms with E-state index in [1.165, 1.54) is 0 Å². The van der Waals surface area contributed by atoms with Crippen molar-refractivity contribution in [2.75, 3.05) is 5.32 Å². The van der Waals surface area contributed by atoms with Crippen LogP contribution in [0, 0.1) is 0 Å². The van der Waals surface area contributed by atoms with Gasteiger partial charge in [-0.15, -0.1) is 11.8 Å². The first-order valence-electron chi connectivity index (χ1n) is 8.92. The molecular formula is C23H20ClNO2S. The van der Waals surface area contributed by atoms with E-state index in [1.54, 1.807) is 60.3 Å². The Morgan fingerprint density at radius 1 is 0.893 bits per heavy atom. The summed E-state index contributed by atoms with van der Waals surface area (Å²) in [4.78, 5) is 26.8. The van der Waals surface area contributed by atoms with Gasteiger partial charge in [-0.2, -0.15) is 0 Å². The van der Waals surface area contributed by atoms with Gasteiger partial charge in [0.1, 0.15) is 0 Å². The fourth-order valence-corrected chi connectivity index (χ4v) is 3.88. The van der Waals surface area contributed by atoms with Crippen LogP contribution in [0.5, 0.6) is 0 Å². The van der Waals surface area contributed by atoms with Gasteiger partial charge < -0.3 is 5.32 Å². The molecule has 0 atom stereocenters. The number of carbonyl (C=O) groups excluding carboxylic acids is 2. The maximum absolute atomic E-state index is 12.9. The maximum Gasteiger partial charge on any atom is 0.256 e. The van der Waals surface area contributed by atoms with E-state index < -0.39 is 0 Å². The number of hydrogen-bond acceptors (Lipinski definition) is 3. The number of rotatable bonds is 6. The monoisotopic (exact) mass is 409 g/mol. The number of nitrogens with one attached hydrogen (secondary N) is 1. The molecule has 0 fully saturated rings. The molecule has 3 aromatic rings. The molecule has 3 nitrogen and oxygen atoms in total. The Bertz CT molecular complexity index is 1000. The number of anilines is 1. The van der Waals surface area contributed by atoms with Gasteiger partial charge in [-0.25, -0.2) is 0 Å². The highest BCUT2D eigenvalue weighted by Crippen LogP contribution is 2.29. The second-order valence-electron chi connectivity index (χ2n) is 6.50. The van der Waals surface area contributed by atoms with E-state index in [9.17, 15) is 9.59 Å². The van der Waals surface area contributed by atoms with E-state index in [2.05, 4.69) is 19.2 Å². The Hall–Kier alpha value is -2.56. The lowest BCUT2D eigenvalue weighted by molar-refractivity contribution is 0.102. The van der Waals surface area contributed by atoms with Crippen LogP contribution in [0.4, 0.5) is 5.69 Å². The SMILES string of the molecule is CC(C)Sc1ccccc1C(=O)Nc1ccc(Cl)cc1C(=O)c1ccccc1. The molecule has 1 amide bonds. The first-order chi connectivity index (χ1) is 13.5. The van der Waals surface area contributed by atoms with Crippen molar-refractivity contribution in [1.82, 2.24) is 0 Å². The molecule has 0 heterocycles. The normalized spacial score (nSPS) is 10.7. The molecule has 1 N–H and O–H groups in total. The van der Waals surface area contributed by atoms with Crippen molar-refractivity contribution in [2.45, 2.75) is 24.0 Å². The van der Waals surface area contributed by atoms with E-state index in [0.29, 0.717) is 32.7 Å². The van der Waals surface area contributed by atoms with Gasteiger partial charge in [0.2, 0.25) is 0 Å². The van der Waals surface area contributed by atoms with Crippen LogP contribution in [0.25, 0.3) is 0 Å². The number of amides is 1. The van der Waals surface area contributed by atoms with Crippen LogP contribution in [-0.2, 0) is 0 Å². The summed E-state index contributed by atoms with van der Waals surface area (Å²) >= 11 is 7.74. The third kappa shape index (κ3) is 4.83. The number of hydrogen-bond donors (Lipinski definition) is 1. The molecule has 0 spiro atoms. The standard InChI is InChI=1S/C23H20ClNO2S/c1-15(2)28-21-11-7-6-10-18(21)23(27)25-20-13-12-17(24)14-19(20)22(26)16-8-4-3-5-9-16/h3-15H,1-2H3,(H,25,27). The number of ketones is 1. The molecule has 0 unspecified atom stereocenters. The molecule has 3 aromatic carbocycles. The van der Waals surface area contributed by atoms with Crippen LogP contribution in [0.1, 0.15) is 40.1 Å². The highest BCUT2D eigenvalue weighted by atomic mass is 35.5. The van der Waals surface area contributed by atoms with Crippen LogP contribution in [0.3, 0.4) is 0 Å². The average Bonchev–Trinajstić information content (AvgIpc) is 2.69. The summed E-state index contributed by atoms with van der Waals surface area (Å²) in [6.07, 6.45) is 0. The Balaban J connectivity index is 1.93. The average molecular weight is 410 g/mol. The third-order valence-corrected chi connectivity index (χ3v) is 5.32. The predicted octanol–water partition coefficient (Wildman–Crippen LogP) is 6.32. The zero-order valence-corrected chi connectivity index (χ0v) is 17.2. The first kappa shape index (κ1) is 20.2. The van der Waals surface area contributed by atoms with Gasteiger partial charge in [0, 0.05) is 26.3 Å². The van der Waals surface area contributed by atoms with Crippen molar-refractivity contribution in [3.05, 3.63) is 94.5 Å². The quantitative estimate of drug-likeness (QED) is 0.382. The topological polar surface area (TPSA) is 46.2 Å². The molecule has 3 rings (SSSR count). The summed E-state index contributed by atoms with van der Waals surface area (Å²) in [6.45, 7) is 4.16. The number of benzene rings is 3. The predicted molar refractivity (Wildman–Crippen MR) is 117 cm³/mol. The lowest BCUT2D eigenvalue weighted by Crippen LogP contribution is -2.16. The fraction of sp³-hybridized carbons (Fsp3) is 0.130. The summed E-state index contributed by atoms with van der Waals surface area (Å²) in [5, 5.41) is 3.67. The lowest BCUT2D eigenvalue weighted by Gasteiger charge is -2.14. The first-order valence-corrected chi connectivity index (χ1v) is 10.2.